The Morgan fingerprint density at radius 2 is 2.05 bits per heavy atom. The van der Waals surface area contributed by atoms with E-state index in [1.807, 2.05) is 13.8 Å². The number of hydrogen-bond donors (Lipinski definition) is 2. The van der Waals surface area contributed by atoms with Gasteiger partial charge in [0.05, 0.1) is 6.61 Å². The van der Waals surface area contributed by atoms with Gasteiger partial charge in [0.2, 0.25) is 10.0 Å². The van der Waals surface area contributed by atoms with Gasteiger partial charge < -0.3 is 5.11 Å². The van der Waals surface area contributed by atoms with Gasteiger partial charge in [-0.25, -0.2) is 21.9 Å². The third-order valence-corrected chi connectivity index (χ3v) is 5.55. The molecule has 0 radical (unpaired) electrons. The molecule has 1 aliphatic carbocycles. The number of halogens is 2. The van der Waals surface area contributed by atoms with Crippen molar-refractivity contribution in [1.29, 1.82) is 0 Å². The molecule has 0 bridgehead atoms. The van der Waals surface area contributed by atoms with E-state index in [1.54, 1.807) is 0 Å². The molecule has 1 aliphatic rings. The number of aliphatic hydroxyl groups is 1. The van der Waals surface area contributed by atoms with Gasteiger partial charge in [0, 0.05) is 6.04 Å². The number of rotatable bonds is 4. The maximum Gasteiger partial charge on any atom is 0.243 e. The van der Waals surface area contributed by atoms with Crippen LogP contribution in [0.5, 0.6) is 0 Å². The standard InChI is InChI=1S/C14H19F2NO3S/c1-14(2)5-3-4-12(14)17-21(19,20)11-7-9(8-18)6-10(15)13(11)16/h6-7,12,17-18H,3-5,8H2,1-2H3. The number of sulfonamides is 1. The third-order valence-electron chi connectivity index (χ3n) is 4.08. The molecular weight excluding hydrogens is 300 g/mol. The summed E-state index contributed by atoms with van der Waals surface area (Å²) in [4.78, 5) is -0.755. The Hall–Kier alpha value is -1.05. The quantitative estimate of drug-likeness (QED) is 0.895. The fourth-order valence-electron chi connectivity index (χ4n) is 2.70. The average molecular weight is 319 g/mol. The Morgan fingerprint density at radius 1 is 1.38 bits per heavy atom. The highest BCUT2D eigenvalue weighted by atomic mass is 32.2. The van der Waals surface area contributed by atoms with Gasteiger partial charge >= 0.3 is 0 Å². The van der Waals surface area contributed by atoms with Crippen LogP contribution in [-0.2, 0) is 16.6 Å². The summed E-state index contributed by atoms with van der Waals surface area (Å²) in [5, 5.41) is 9.01. The second kappa shape index (κ2) is 5.62. The van der Waals surface area contributed by atoms with Crippen molar-refractivity contribution >= 4 is 10.0 Å². The second-order valence-corrected chi connectivity index (χ2v) is 7.78. The second-order valence-electron chi connectivity index (χ2n) is 6.10. The highest BCUT2D eigenvalue weighted by Gasteiger charge is 2.38. The van der Waals surface area contributed by atoms with Crippen LogP contribution < -0.4 is 4.72 Å². The zero-order valence-electron chi connectivity index (χ0n) is 12.0. The maximum absolute atomic E-state index is 13.8. The summed E-state index contributed by atoms with van der Waals surface area (Å²) in [6.07, 6.45) is 2.41. The lowest BCUT2D eigenvalue weighted by Gasteiger charge is -2.27. The van der Waals surface area contributed by atoms with E-state index < -0.39 is 33.2 Å². The first-order valence-electron chi connectivity index (χ1n) is 6.78. The van der Waals surface area contributed by atoms with Gasteiger partial charge in [0.15, 0.2) is 11.6 Å². The molecule has 1 aromatic carbocycles. The smallest absolute Gasteiger partial charge is 0.243 e. The minimum Gasteiger partial charge on any atom is -0.392 e. The largest absolute Gasteiger partial charge is 0.392 e. The first kappa shape index (κ1) is 16.3. The minimum atomic E-state index is -4.18. The Labute approximate surface area is 123 Å². The van der Waals surface area contributed by atoms with Gasteiger partial charge in [-0.1, -0.05) is 20.3 Å². The monoisotopic (exact) mass is 319 g/mol. The molecule has 2 N–H and O–H groups in total. The van der Waals surface area contributed by atoms with E-state index in [9.17, 15) is 17.2 Å². The fraction of sp³-hybridized carbons (Fsp3) is 0.571. The Bertz CT molecular complexity index is 644. The van der Waals surface area contributed by atoms with Gasteiger partial charge in [0.1, 0.15) is 4.90 Å². The predicted molar refractivity (Wildman–Crippen MR) is 74.0 cm³/mol. The molecule has 1 saturated carbocycles. The molecular formula is C14H19F2NO3S. The van der Waals surface area contributed by atoms with Crippen LogP contribution in [0.3, 0.4) is 0 Å². The molecule has 1 fully saturated rings. The summed E-state index contributed by atoms with van der Waals surface area (Å²) in [7, 11) is -4.18. The van der Waals surface area contributed by atoms with E-state index in [0.717, 1.165) is 25.0 Å². The first-order valence-corrected chi connectivity index (χ1v) is 8.27. The van der Waals surface area contributed by atoms with Crippen molar-refractivity contribution in [1.82, 2.24) is 4.72 Å². The van der Waals surface area contributed by atoms with E-state index in [-0.39, 0.29) is 17.0 Å². The summed E-state index contributed by atoms with van der Waals surface area (Å²) < 4.78 is 54.3. The molecule has 2 rings (SSSR count). The first-order chi connectivity index (χ1) is 9.67. The lowest BCUT2D eigenvalue weighted by atomic mass is 9.88. The van der Waals surface area contributed by atoms with Gasteiger partial charge in [-0.05, 0) is 36.0 Å². The SMILES string of the molecule is CC1(C)CCCC1NS(=O)(=O)c1cc(CO)cc(F)c1F. The van der Waals surface area contributed by atoms with Crippen LogP contribution in [0.25, 0.3) is 0 Å². The predicted octanol–water partition coefficient (Wildman–Crippen LogP) is 2.31. The number of hydrogen-bond acceptors (Lipinski definition) is 3. The lowest BCUT2D eigenvalue weighted by molar-refractivity contribution is 0.280. The number of aliphatic hydroxyl groups excluding tert-OH is 1. The Kier molecular flexibility index (Phi) is 4.37. The van der Waals surface area contributed by atoms with Crippen LogP contribution in [0.4, 0.5) is 8.78 Å². The van der Waals surface area contributed by atoms with Crippen LogP contribution in [0.15, 0.2) is 17.0 Å². The molecule has 1 unspecified atom stereocenters. The van der Waals surface area contributed by atoms with E-state index in [2.05, 4.69) is 4.72 Å². The van der Waals surface area contributed by atoms with Crippen molar-refractivity contribution in [2.24, 2.45) is 5.41 Å². The van der Waals surface area contributed by atoms with E-state index in [0.29, 0.717) is 6.42 Å². The summed E-state index contributed by atoms with van der Waals surface area (Å²) >= 11 is 0. The van der Waals surface area contributed by atoms with Gasteiger partial charge in [-0.15, -0.1) is 0 Å². The van der Waals surface area contributed by atoms with Crippen molar-refractivity contribution in [3.05, 3.63) is 29.3 Å². The number of nitrogens with one attached hydrogen (secondary N) is 1. The molecule has 0 amide bonds. The van der Waals surface area contributed by atoms with Crippen LogP contribution in [0.1, 0.15) is 38.7 Å². The van der Waals surface area contributed by atoms with Crippen LogP contribution in [0.2, 0.25) is 0 Å². The highest BCUT2D eigenvalue weighted by Crippen LogP contribution is 2.38. The van der Waals surface area contributed by atoms with Gasteiger partial charge in [-0.2, -0.15) is 0 Å². The van der Waals surface area contributed by atoms with Crippen LogP contribution in [0, 0.1) is 17.0 Å². The molecule has 4 nitrogen and oxygen atoms in total. The molecule has 1 atom stereocenters. The Balaban J connectivity index is 2.38. The molecule has 7 heteroatoms. The van der Waals surface area contributed by atoms with Gasteiger partial charge in [-0.3, -0.25) is 0 Å². The minimum absolute atomic E-state index is 0.0138. The van der Waals surface area contributed by atoms with Crippen molar-refractivity contribution in [3.63, 3.8) is 0 Å². The van der Waals surface area contributed by atoms with Crippen molar-refractivity contribution in [2.75, 3.05) is 0 Å². The summed E-state index contributed by atoms with van der Waals surface area (Å²) in [6, 6.07) is 1.43. The molecule has 118 valence electrons. The third kappa shape index (κ3) is 3.25. The van der Waals surface area contributed by atoms with E-state index in [1.165, 1.54) is 0 Å². The number of benzene rings is 1. The molecule has 0 heterocycles. The molecule has 0 aromatic heterocycles. The molecule has 0 saturated heterocycles. The molecule has 1 aromatic rings. The zero-order chi connectivity index (χ0) is 15.8. The van der Waals surface area contributed by atoms with Crippen LogP contribution in [-0.4, -0.2) is 19.6 Å². The van der Waals surface area contributed by atoms with Gasteiger partial charge in [0.25, 0.3) is 0 Å². The highest BCUT2D eigenvalue weighted by molar-refractivity contribution is 7.89. The Morgan fingerprint density at radius 3 is 2.57 bits per heavy atom. The normalized spacial score (nSPS) is 21.7. The fourth-order valence-corrected chi connectivity index (χ4v) is 4.28. The van der Waals surface area contributed by atoms with E-state index in [4.69, 9.17) is 5.11 Å². The summed E-state index contributed by atoms with van der Waals surface area (Å²) in [5.41, 5.74) is -0.212. The summed E-state index contributed by atoms with van der Waals surface area (Å²) in [6.45, 7) is 3.32. The lowest BCUT2D eigenvalue weighted by Crippen LogP contribution is -2.41. The molecule has 0 spiro atoms. The topological polar surface area (TPSA) is 66.4 Å². The van der Waals surface area contributed by atoms with Crippen molar-refractivity contribution < 1.29 is 22.3 Å². The molecule has 0 aliphatic heterocycles. The summed E-state index contributed by atoms with van der Waals surface area (Å²) in [5.74, 6) is -2.71. The average Bonchev–Trinajstić information content (AvgIpc) is 2.71. The van der Waals surface area contributed by atoms with Crippen LogP contribution >= 0.6 is 0 Å². The maximum atomic E-state index is 13.8. The zero-order valence-corrected chi connectivity index (χ0v) is 12.8. The van der Waals surface area contributed by atoms with Crippen molar-refractivity contribution in [3.8, 4) is 0 Å². The van der Waals surface area contributed by atoms with Crippen molar-refractivity contribution in [2.45, 2.75) is 50.7 Å². The van der Waals surface area contributed by atoms with E-state index >= 15 is 0 Å². The molecule has 21 heavy (non-hydrogen) atoms.